The van der Waals surface area contributed by atoms with E-state index >= 15 is 0 Å². The Morgan fingerprint density at radius 2 is 2.10 bits per heavy atom. The molecule has 21 heavy (non-hydrogen) atoms. The summed E-state index contributed by atoms with van der Waals surface area (Å²) in [5, 5.41) is 3.26. The maximum absolute atomic E-state index is 12.0. The van der Waals surface area contributed by atoms with Crippen molar-refractivity contribution in [3.8, 4) is 11.5 Å². The number of nitrogens with one attached hydrogen (secondary N) is 1. The molecule has 0 unspecified atom stereocenters. The first-order chi connectivity index (χ1) is 10.3. The van der Waals surface area contributed by atoms with Crippen LogP contribution in [0.15, 0.2) is 36.5 Å². The quantitative estimate of drug-likeness (QED) is 0.787. The van der Waals surface area contributed by atoms with Crippen LogP contribution in [0.5, 0.6) is 11.5 Å². The van der Waals surface area contributed by atoms with Crippen LogP contribution in [0.25, 0.3) is 10.2 Å². The van der Waals surface area contributed by atoms with Crippen molar-refractivity contribution in [2.45, 2.75) is 0 Å². The number of fused-ring (bicyclic) bond motifs is 2. The Morgan fingerprint density at radius 1 is 1.24 bits per heavy atom. The average Bonchev–Trinajstić information content (AvgIpc) is 3.10. The molecule has 1 aromatic carbocycles. The molecule has 0 saturated carbocycles. The number of amides is 1. The maximum Gasteiger partial charge on any atom is 0.276 e. The molecular weight excluding hydrogens is 290 g/mol. The lowest BCUT2D eigenvalue weighted by atomic mass is 10.3. The van der Waals surface area contributed by atoms with E-state index in [-0.39, 0.29) is 12.7 Å². The minimum Gasteiger partial charge on any atom is -0.454 e. The third kappa shape index (κ3) is 2.17. The molecule has 0 saturated heterocycles. The van der Waals surface area contributed by atoms with Gasteiger partial charge in [0.1, 0.15) is 5.69 Å². The number of thiazole rings is 1. The summed E-state index contributed by atoms with van der Waals surface area (Å²) < 4.78 is 11.6. The Kier molecular flexibility index (Phi) is 2.71. The second-order valence-corrected chi connectivity index (χ2v) is 5.39. The minimum atomic E-state index is -0.283. The third-order valence-corrected chi connectivity index (χ3v) is 3.93. The van der Waals surface area contributed by atoms with Crippen molar-refractivity contribution < 1.29 is 14.3 Å². The van der Waals surface area contributed by atoms with Crippen LogP contribution >= 0.6 is 11.3 Å². The fourth-order valence-corrected chi connectivity index (χ4v) is 2.90. The van der Waals surface area contributed by atoms with Gasteiger partial charge >= 0.3 is 0 Å². The molecule has 0 bridgehead atoms. The predicted molar refractivity (Wildman–Crippen MR) is 77.9 cm³/mol. The molecule has 0 fully saturated rings. The highest BCUT2D eigenvalue weighted by molar-refractivity contribution is 7.22. The number of rotatable bonds is 2. The number of pyridine rings is 1. The number of nitrogens with zero attached hydrogens (tertiary/aromatic N) is 2. The zero-order chi connectivity index (χ0) is 14.2. The fraction of sp³-hybridized carbons (Fsp3) is 0.0714. The molecule has 0 atom stereocenters. The summed E-state index contributed by atoms with van der Waals surface area (Å²) in [5.74, 6) is 1.10. The first-order valence-corrected chi connectivity index (χ1v) is 7.04. The summed E-state index contributed by atoms with van der Waals surface area (Å²) in [6.45, 7) is 0.232. The van der Waals surface area contributed by atoms with E-state index in [4.69, 9.17) is 9.47 Å². The van der Waals surface area contributed by atoms with E-state index in [1.807, 2.05) is 12.1 Å². The summed E-state index contributed by atoms with van der Waals surface area (Å²) >= 11 is 1.38. The summed E-state index contributed by atoms with van der Waals surface area (Å²) in [7, 11) is 0. The van der Waals surface area contributed by atoms with Gasteiger partial charge in [-0.1, -0.05) is 17.4 Å². The Hall–Kier alpha value is -2.67. The third-order valence-electron chi connectivity index (χ3n) is 3.00. The van der Waals surface area contributed by atoms with E-state index in [1.165, 1.54) is 11.3 Å². The molecule has 2 aromatic heterocycles. The molecule has 7 heteroatoms. The summed E-state index contributed by atoms with van der Waals surface area (Å²) in [4.78, 5) is 20.4. The van der Waals surface area contributed by atoms with E-state index in [0.717, 1.165) is 10.2 Å². The summed E-state index contributed by atoms with van der Waals surface area (Å²) in [6.07, 6.45) is 1.58. The lowest BCUT2D eigenvalue weighted by Crippen LogP contribution is -2.12. The van der Waals surface area contributed by atoms with Crippen molar-refractivity contribution in [1.29, 1.82) is 0 Å². The van der Waals surface area contributed by atoms with Crippen molar-refractivity contribution in [3.05, 3.63) is 42.2 Å². The summed E-state index contributed by atoms with van der Waals surface area (Å²) in [5.41, 5.74) is 1.12. The van der Waals surface area contributed by atoms with Gasteiger partial charge in [0.2, 0.25) is 6.79 Å². The van der Waals surface area contributed by atoms with Crippen LogP contribution in [0.1, 0.15) is 10.5 Å². The highest BCUT2D eigenvalue weighted by atomic mass is 32.1. The van der Waals surface area contributed by atoms with Gasteiger partial charge in [-0.05, 0) is 12.1 Å². The largest absolute Gasteiger partial charge is 0.454 e. The van der Waals surface area contributed by atoms with Gasteiger partial charge in [-0.25, -0.2) is 4.98 Å². The molecule has 1 aliphatic rings. The topological polar surface area (TPSA) is 73.3 Å². The number of carbonyl (C=O) groups excluding carboxylic acids is 1. The molecule has 1 amide bonds. The highest BCUT2D eigenvalue weighted by Crippen LogP contribution is 2.38. The number of carbonyl (C=O) groups is 1. The number of aromatic nitrogens is 2. The van der Waals surface area contributed by atoms with Crippen LogP contribution in [-0.2, 0) is 0 Å². The Morgan fingerprint density at radius 3 is 2.90 bits per heavy atom. The van der Waals surface area contributed by atoms with E-state index in [0.29, 0.717) is 22.3 Å². The molecule has 4 rings (SSSR count). The van der Waals surface area contributed by atoms with Crippen LogP contribution in [0.4, 0.5) is 5.13 Å². The van der Waals surface area contributed by atoms with Gasteiger partial charge in [0.25, 0.3) is 5.91 Å². The van der Waals surface area contributed by atoms with Gasteiger partial charge in [0, 0.05) is 18.3 Å². The first-order valence-electron chi connectivity index (χ1n) is 6.22. The standard InChI is InChI=1S/C14H9N3O3S/c18-13(8-3-1-2-4-15-8)17-14-16-9-5-10-11(20-7-19-10)6-12(9)21-14/h1-6H,7H2,(H,16,17,18). The first kappa shape index (κ1) is 12.1. The number of benzene rings is 1. The summed E-state index contributed by atoms with van der Waals surface area (Å²) in [6, 6.07) is 8.85. The monoisotopic (exact) mass is 299 g/mol. The molecule has 1 N–H and O–H groups in total. The lowest BCUT2D eigenvalue weighted by molar-refractivity contribution is 0.102. The van der Waals surface area contributed by atoms with Crippen LogP contribution in [0, 0.1) is 0 Å². The van der Waals surface area contributed by atoms with Gasteiger partial charge < -0.3 is 9.47 Å². The predicted octanol–water partition coefficient (Wildman–Crippen LogP) is 2.67. The number of ether oxygens (including phenoxy) is 2. The van der Waals surface area contributed by atoms with Crippen molar-refractivity contribution in [1.82, 2.24) is 9.97 Å². The van der Waals surface area contributed by atoms with Crippen LogP contribution < -0.4 is 14.8 Å². The molecule has 0 aliphatic carbocycles. The molecule has 6 nitrogen and oxygen atoms in total. The van der Waals surface area contributed by atoms with Crippen molar-refractivity contribution in [2.24, 2.45) is 0 Å². The van der Waals surface area contributed by atoms with E-state index in [2.05, 4.69) is 15.3 Å². The number of anilines is 1. The molecule has 1 aliphatic heterocycles. The Balaban J connectivity index is 1.64. The molecular formula is C14H9N3O3S. The van der Waals surface area contributed by atoms with Crippen LogP contribution in [-0.4, -0.2) is 22.7 Å². The SMILES string of the molecule is O=C(Nc1nc2cc3c(cc2s1)OCO3)c1ccccn1. The van der Waals surface area contributed by atoms with Gasteiger partial charge in [-0.15, -0.1) is 0 Å². The smallest absolute Gasteiger partial charge is 0.276 e. The maximum atomic E-state index is 12.0. The van der Waals surface area contributed by atoms with Crippen LogP contribution in [0.2, 0.25) is 0 Å². The highest BCUT2D eigenvalue weighted by Gasteiger charge is 2.17. The lowest BCUT2D eigenvalue weighted by Gasteiger charge is -1.99. The van der Waals surface area contributed by atoms with E-state index in [9.17, 15) is 4.79 Å². The van der Waals surface area contributed by atoms with Gasteiger partial charge in [-0.3, -0.25) is 15.1 Å². The molecule has 0 radical (unpaired) electrons. The zero-order valence-electron chi connectivity index (χ0n) is 10.7. The molecule has 0 spiro atoms. The Bertz CT molecular complexity index is 791. The van der Waals surface area contributed by atoms with Gasteiger partial charge in [0.15, 0.2) is 16.6 Å². The molecule has 3 aromatic rings. The molecule has 3 heterocycles. The van der Waals surface area contributed by atoms with Gasteiger partial charge in [0.05, 0.1) is 10.2 Å². The fourth-order valence-electron chi connectivity index (χ4n) is 2.03. The van der Waals surface area contributed by atoms with Crippen LogP contribution in [0.3, 0.4) is 0 Å². The Labute approximate surface area is 123 Å². The van der Waals surface area contributed by atoms with E-state index < -0.39 is 0 Å². The number of hydrogen-bond donors (Lipinski definition) is 1. The minimum absolute atomic E-state index is 0.232. The number of hydrogen-bond acceptors (Lipinski definition) is 6. The normalized spacial score (nSPS) is 12.6. The van der Waals surface area contributed by atoms with Crippen molar-refractivity contribution in [3.63, 3.8) is 0 Å². The van der Waals surface area contributed by atoms with E-state index in [1.54, 1.807) is 24.4 Å². The zero-order valence-corrected chi connectivity index (χ0v) is 11.5. The second kappa shape index (κ2) is 4.71. The van der Waals surface area contributed by atoms with Crippen molar-refractivity contribution in [2.75, 3.05) is 12.1 Å². The van der Waals surface area contributed by atoms with Gasteiger partial charge in [-0.2, -0.15) is 0 Å². The molecule has 104 valence electrons. The van der Waals surface area contributed by atoms with Crippen molar-refractivity contribution >= 4 is 32.6 Å². The average molecular weight is 299 g/mol. The second-order valence-electron chi connectivity index (χ2n) is 4.36.